The first-order valence-corrected chi connectivity index (χ1v) is 5.82. The number of halogens is 2. The van der Waals surface area contributed by atoms with E-state index in [1.165, 1.54) is 0 Å². The van der Waals surface area contributed by atoms with Gasteiger partial charge in [0.1, 0.15) is 10.7 Å². The number of nitrogens with two attached hydrogens (primary N) is 1. The second kappa shape index (κ2) is 3.87. The first-order valence-electron chi connectivity index (χ1n) is 3.48. The molecule has 0 aliphatic rings. The highest BCUT2D eigenvalue weighted by atomic mass is 79.9. The Morgan fingerprint density at radius 3 is 2.40 bits per heavy atom. The number of hydrogen-bond donors (Lipinski definition) is 2. The molecule has 0 saturated carbocycles. The van der Waals surface area contributed by atoms with Crippen molar-refractivity contribution in [2.24, 2.45) is 5.14 Å². The molecular formula is C7H5BrFNO4S. The molecule has 0 aliphatic carbocycles. The summed E-state index contributed by atoms with van der Waals surface area (Å²) in [5, 5.41) is 13.4. The molecule has 5 nitrogen and oxygen atoms in total. The lowest BCUT2D eigenvalue weighted by atomic mass is 10.2. The minimum Gasteiger partial charge on any atom is -0.478 e. The Hall–Kier alpha value is -0.990. The average molecular weight is 298 g/mol. The van der Waals surface area contributed by atoms with E-state index >= 15 is 0 Å². The molecule has 82 valence electrons. The molecule has 0 heterocycles. The SMILES string of the molecule is NS(=O)(=O)c1cc(C(=O)O)c(Br)cc1F. The quantitative estimate of drug-likeness (QED) is 0.848. The fourth-order valence-corrected chi connectivity index (χ4v) is 2.01. The van der Waals surface area contributed by atoms with Gasteiger partial charge in [-0.2, -0.15) is 0 Å². The first kappa shape index (κ1) is 12.1. The number of carbonyl (C=O) groups is 1. The lowest BCUT2D eigenvalue weighted by molar-refractivity contribution is 0.0695. The van der Waals surface area contributed by atoms with Crippen molar-refractivity contribution in [2.45, 2.75) is 4.90 Å². The summed E-state index contributed by atoms with van der Waals surface area (Å²) in [6, 6.07) is 1.40. The van der Waals surface area contributed by atoms with Crippen LogP contribution in [-0.4, -0.2) is 19.5 Å². The second-order valence-electron chi connectivity index (χ2n) is 2.61. The lowest BCUT2D eigenvalue weighted by Gasteiger charge is -2.04. The Balaban J connectivity index is 3.58. The van der Waals surface area contributed by atoms with Gasteiger partial charge in [-0.3, -0.25) is 0 Å². The van der Waals surface area contributed by atoms with Crippen molar-refractivity contribution >= 4 is 31.9 Å². The van der Waals surface area contributed by atoms with Gasteiger partial charge in [0.2, 0.25) is 10.0 Å². The Labute approximate surface area is 92.9 Å². The molecule has 0 unspecified atom stereocenters. The Morgan fingerprint density at radius 2 is 2.00 bits per heavy atom. The fraction of sp³-hybridized carbons (Fsp3) is 0. The van der Waals surface area contributed by atoms with Gasteiger partial charge in [0.15, 0.2) is 0 Å². The number of carboxylic acids is 1. The van der Waals surface area contributed by atoms with E-state index in [1.54, 1.807) is 0 Å². The van der Waals surface area contributed by atoms with Gasteiger partial charge in [-0.05, 0) is 28.1 Å². The smallest absolute Gasteiger partial charge is 0.336 e. The summed E-state index contributed by atoms with van der Waals surface area (Å²) in [5.41, 5.74) is -0.375. The van der Waals surface area contributed by atoms with E-state index < -0.39 is 26.7 Å². The number of benzene rings is 1. The molecule has 0 spiro atoms. The number of rotatable bonds is 2. The molecule has 0 saturated heterocycles. The van der Waals surface area contributed by atoms with Crippen molar-refractivity contribution in [3.8, 4) is 0 Å². The highest BCUT2D eigenvalue weighted by Crippen LogP contribution is 2.23. The maximum Gasteiger partial charge on any atom is 0.336 e. The number of aromatic carboxylic acids is 1. The molecule has 3 N–H and O–H groups in total. The predicted octanol–water partition coefficient (Wildman–Crippen LogP) is 0.934. The zero-order valence-electron chi connectivity index (χ0n) is 7.07. The second-order valence-corrected chi connectivity index (χ2v) is 5.00. The largest absolute Gasteiger partial charge is 0.478 e. The molecule has 0 amide bonds. The summed E-state index contributed by atoms with van der Waals surface area (Å²) in [5.74, 6) is -2.49. The maximum atomic E-state index is 13.1. The Morgan fingerprint density at radius 1 is 1.47 bits per heavy atom. The highest BCUT2D eigenvalue weighted by molar-refractivity contribution is 9.10. The summed E-state index contributed by atoms with van der Waals surface area (Å²) >= 11 is 2.79. The minimum absolute atomic E-state index is 0.0556. The van der Waals surface area contributed by atoms with Gasteiger partial charge in [-0.25, -0.2) is 22.7 Å². The van der Waals surface area contributed by atoms with Crippen molar-refractivity contribution in [2.75, 3.05) is 0 Å². The normalized spacial score (nSPS) is 11.4. The van der Waals surface area contributed by atoms with Gasteiger partial charge in [0, 0.05) is 4.47 Å². The number of carboxylic acid groups (broad SMARTS) is 1. The number of primary sulfonamides is 1. The molecule has 1 aromatic rings. The summed E-state index contributed by atoms with van der Waals surface area (Å²) in [7, 11) is -4.27. The maximum absolute atomic E-state index is 13.1. The Bertz CT molecular complexity index is 528. The van der Waals surface area contributed by atoms with Crippen LogP contribution in [-0.2, 0) is 10.0 Å². The van der Waals surface area contributed by atoms with Crippen LogP contribution in [0.1, 0.15) is 10.4 Å². The minimum atomic E-state index is -4.27. The number of hydrogen-bond acceptors (Lipinski definition) is 3. The summed E-state index contributed by atoms with van der Waals surface area (Å²) < 4.78 is 34.8. The van der Waals surface area contributed by atoms with E-state index in [9.17, 15) is 17.6 Å². The molecule has 0 atom stereocenters. The van der Waals surface area contributed by atoms with Crippen LogP contribution in [0.5, 0.6) is 0 Å². The van der Waals surface area contributed by atoms with E-state index in [0.29, 0.717) is 6.07 Å². The monoisotopic (exact) mass is 297 g/mol. The summed E-state index contributed by atoms with van der Waals surface area (Å²) in [4.78, 5) is 9.78. The number of sulfonamides is 1. The van der Waals surface area contributed by atoms with Crippen LogP contribution >= 0.6 is 15.9 Å². The molecule has 0 aliphatic heterocycles. The molecule has 0 radical (unpaired) electrons. The van der Waals surface area contributed by atoms with Gasteiger partial charge in [0.25, 0.3) is 0 Å². The molecular weight excluding hydrogens is 293 g/mol. The van der Waals surface area contributed by atoms with Crippen molar-refractivity contribution in [3.63, 3.8) is 0 Å². The Kier molecular flexibility index (Phi) is 3.12. The molecule has 0 bridgehead atoms. The molecule has 15 heavy (non-hydrogen) atoms. The zero-order valence-corrected chi connectivity index (χ0v) is 9.47. The van der Waals surface area contributed by atoms with Crippen molar-refractivity contribution in [1.29, 1.82) is 0 Å². The van der Waals surface area contributed by atoms with Crippen LogP contribution in [0.2, 0.25) is 0 Å². The van der Waals surface area contributed by atoms with E-state index in [0.717, 1.165) is 6.07 Å². The fourth-order valence-electron chi connectivity index (χ4n) is 0.911. The van der Waals surface area contributed by atoms with E-state index in [1.807, 2.05) is 0 Å². The molecule has 0 aromatic heterocycles. The first-order chi connectivity index (χ1) is 6.73. The zero-order chi connectivity index (χ0) is 11.8. The standard InChI is InChI=1S/C7H5BrFNO4S/c8-4-2-5(9)6(15(10,13)14)1-3(4)7(11)12/h1-2H,(H,11,12)(H2,10,13,14). The van der Waals surface area contributed by atoms with Crippen molar-refractivity contribution in [1.82, 2.24) is 0 Å². The third-order valence-electron chi connectivity index (χ3n) is 1.56. The predicted molar refractivity (Wildman–Crippen MR) is 52.4 cm³/mol. The van der Waals surface area contributed by atoms with Crippen molar-refractivity contribution in [3.05, 3.63) is 28.0 Å². The van der Waals surface area contributed by atoms with Crippen LogP contribution in [0.25, 0.3) is 0 Å². The topological polar surface area (TPSA) is 97.5 Å². The third kappa shape index (κ3) is 2.52. The molecule has 1 rings (SSSR count). The van der Waals surface area contributed by atoms with Crippen LogP contribution in [0.3, 0.4) is 0 Å². The van der Waals surface area contributed by atoms with Gasteiger partial charge in [-0.1, -0.05) is 0 Å². The summed E-state index contributed by atoms with van der Waals surface area (Å²) in [6.07, 6.45) is 0. The van der Waals surface area contributed by atoms with Crippen LogP contribution in [0, 0.1) is 5.82 Å². The average Bonchev–Trinajstić information content (AvgIpc) is 2.00. The van der Waals surface area contributed by atoms with Crippen molar-refractivity contribution < 1.29 is 22.7 Å². The van der Waals surface area contributed by atoms with Crippen LogP contribution < -0.4 is 5.14 Å². The lowest BCUT2D eigenvalue weighted by Crippen LogP contribution is -2.15. The van der Waals surface area contributed by atoms with E-state index in [2.05, 4.69) is 15.9 Å². The van der Waals surface area contributed by atoms with Gasteiger partial charge < -0.3 is 5.11 Å². The van der Waals surface area contributed by atoms with Crippen LogP contribution in [0.4, 0.5) is 4.39 Å². The molecule has 1 aromatic carbocycles. The summed E-state index contributed by atoms with van der Waals surface area (Å²) in [6.45, 7) is 0. The van der Waals surface area contributed by atoms with Gasteiger partial charge >= 0.3 is 5.97 Å². The van der Waals surface area contributed by atoms with E-state index in [4.69, 9.17) is 10.2 Å². The van der Waals surface area contributed by atoms with Gasteiger partial charge in [-0.15, -0.1) is 0 Å². The third-order valence-corrected chi connectivity index (χ3v) is 3.14. The van der Waals surface area contributed by atoms with Crippen LogP contribution in [0.15, 0.2) is 21.5 Å². The van der Waals surface area contributed by atoms with E-state index in [-0.39, 0.29) is 10.0 Å². The van der Waals surface area contributed by atoms with Gasteiger partial charge in [0.05, 0.1) is 5.56 Å². The molecule has 0 fully saturated rings. The highest BCUT2D eigenvalue weighted by Gasteiger charge is 2.19. The molecule has 8 heteroatoms.